The van der Waals surface area contributed by atoms with Crippen LogP contribution in [0.3, 0.4) is 0 Å². The number of halogens is 1. The van der Waals surface area contributed by atoms with E-state index >= 15 is 0 Å². The third-order valence-corrected chi connectivity index (χ3v) is 5.07. The molecule has 4 nitrogen and oxygen atoms in total. The smallest absolute Gasteiger partial charge is 0.131 e. The van der Waals surface area contributed by atoms with Crippen molar-refractivity contribution in [1.29, 1.82) is 0 Å². The van der Waals surface area contributed by atoms with Crippen LogP contribution in [0.2, 0.25) is 0 Å². The Hall–Kier alpha value is -2.40. The molecular weight excluding hydrogens is 317 g/mol. The van der Waals surface area contributed by atoms with Crippen molar-refractivity contribution in [2.45, 2.75) is 18.9 Å². The van der Waals surface area contributed by atoms with Gasteiger partial charge in [-0.1, -0.05) is 18.2 Å². The second-order valence-electron chi connectivity index (χ2n) is 6.73. The van der Waals surface area contributed by atoms with Gasteiger partial charge in [0, 0.05) is 28.8 Å². The molecule has 0 unspecified atom stereocenters. The molecule has 1 aliphatic heterocycles. The molecule has 0 amide bonds. The zero-order valence-corrected chi connectivity index (χ0v) is 14.6. The van der Waals surface area contributed by atoms with E-state index in [1.54, 1.807) is 19.2 Å². The lowest BCUT2D eigenvalue weighted by Gasteiger charge is -2.28. The second-order valence-corrected chi connectivity index (χ2v) is 6.73. The monoisotopic (exact) mass is 339 g/mol. The molecule has 2 aromatic carbocycles. The average Bonchev–Trinajstić information content (AvgIpc) is 3.04. The summed E-state index contributed by atoms with van der Waals surface area (Å²) >= 11 is 0. The first-order chi connectivity index (χ1) is 12.2. The molecule has 0 radical (unpaired) electrons. The summed E-state index contributed by atoms with van der Waals surface area (Å²) < 4.78 is 21.8. The van der Waals surface area contributed by atoms with Crippen LogP contribution < -0.4 is 4.74 Å². The molecule has 2 heterocycles. The van der Waals surface area contributed by atoms with E-state index in [1.807, 2.05) is 18.2 Å². The Morgan fingerprint density at radius 3 is 2.60 bits per heavy atom. The zero-order chi connectivity index (χ0) is 17.4. The topological polar surface area (TPSA) is 30.3 Å². The van der Waals surface area contributed by atoms with Crippen LogP contribution in [0.5, 0.6) is 5.75 Å². The van der Waals surface area contributed by atoms with Crippen molar-refractivity contribution in [2.24, 2.45) is 0 Å². The third-order valence-electron chi connectivity index (χ3n) is 5.07. The van der Waals surface area contributed by atoms with Gasteiger partial charge in [0.2, 0.25) is 0 Å². The van der Waals surface area contributed by atoms with Gasteiger partial charge in [-0.15, -0.1) is 0 Å². The minimum Gasteiger partial charge on any atom is -0.496 e. The van der Waals surface area contributed by atoms with Crippen LogP contribution in [0, 0.1) is 5.82 Å². The van der Waals surface area contributed by atoms with E-state index in [0.717, 1.165) is 42.4 Å². The number of ether oxygens (including phenoxy) is 1. The van der Waals surface area contributed by atoms with E-state index in [2.05, 4.69) is 22.8 Å². The average molecular weight is 339 g/mol. The summed E-state index contributed by atoms with van der Waals surface area (Å²) in [4.78, 5) is 2.35. The number of benzene rings is 2. The number of piperidine rings is 1. The summed E-state index contributed by atoms with van der Waals surface area (Å²) in [6.45, 7) is 2.18. The van der Waals surface area contributed by atoms with E-state index in [-0.39, 0.29) is 5.82 Å². The molecule has 0 saturated carbocycles. The normalized spacial score (nSPS) is 16.4. The Kier molecular flexibility index (Phi) is 4.17. The quantitative estimate of drug-likeness (QED) is 0.719. The number of hydrogen-bond donors (Lipinski definition) is 0. The van der Waals surface area contributed by atoms with E-state index in [9.17, 15) is 4.39 Å². The maximum absolute atomic E-state index is 14.2. The predicted octanol–water partition coefficient (Wildman–Crippen LogP) is 4.12. The number of fused-ring (bicyclic) bond motifs is 1. The fourth-order valence-corrected chi connectivity index (χ4v) is 3.58. The molecule has 4 rings (SSSR count). The number of likely N-dealkylation sites (tertiary alicyclic amines) is 1. The molecule has 1 aliphatic rings. The minimum atomic E-state index is -0.247. The number of hydrogen-bond acceptors (Lipinski definition) is 3. The first-order valence-corrected chi connectivity index (χ1v) is 8.66. The molecular formula is C20H22FN3O. The van der Waals surface area contributed by atoms with E-state index in [0.29, 0.717) is 17.4 Å². The summed E-state index contributed by atoms with van der Waals surface area (Å²) in [5, 5.41) is 5.76. The predicted molar refractivity (Wildman–Crippen MR) is 97.4 cm³/mol. The Bertz CT molecular complexity index is 897. The highest BCUT2D eigenvalue weighted by Crippen LogP contribution is 2.35. The van der Waals surface area contributed by atoms with Gasteiger partial charge in [0.1, 0.15) is 11.6 Å². The lowest BCUT2D eigenvalue weighted by atomic mass is 10.0. The fraction of sp³-hybridized carbons (Fsp3) is 0.350. The van der Waals surface area contributed by atoms with Crippen LogP contribution in [-0.4, -0.2) is 41.9 Å². The molecule has 0 N–H and O–H groups in total. The van der Waals surface area contributed by atoms with Gasteiger partial charge in [-0.2, -0.15) is 5.10 Å². The Morgan fingerprint density at radius 1 is 1.12 bits per heavy atom. The molecule has 5 heteroatoms. The molecule has 1 fully saturated rings. The van der Waals surface area contributed by atoms with Crippen molar-refractivity contribution in [2.75, 3.05) is 27.2 Å². The summed E-state index contributed by atoms with van der Waals surface area (Å²) in [5.41, 5.74) is 2.19. The van der Waals surface area contributed by atoms with Gasteiger partial charge < -0.3 is 9.64 Å². The number of rotatable bonds is 3. The van der Waals surface area contributed by atoms with E-state index < -0.39 is 0 Å². The number of nitrogens with zero attached hydrogens (tertiary/aromatic N) is 3. The maximum Gasteiger partial charge on any atom is 0.131 e. The largest absolute Gasteiger partial charge is 0.496 e. The van der Waals surface area contributed by atoms with Crippen molar-refractivity contribution in [3.8, 4) is 16.9 Å². The highest BCUT2D eigenvalue weighted by atomic mass is 19.1. The Labute approximate surface area is 146 Å². The Morgan fingerprint density at radius 2 is 1.88 bits per heavy atom. The standard InChI is InChI=1S/C20H22FN3O/c1-23-9-7-15(8-10-23)24-13-14-11-17(16-5-3-4-6-18(16)21)20(25-2)12-19(14)22-24/h3-6,11-13,15H,7-10H2,1-2H3. The molecule has 130 valence electrons. The van der Waals surface area contributed by atoms with E-state index in [4.69, 9.17) is 9.84 Å². The van der Waals surface area contributed by atoms with Gasteiger partial charge >= 0.3 is 0 Å². The SMILES string of the molecule is COc1cc2nn(C3CCN(C)CC3)cc2cc1-c1ccccc1F. The van der Waals surface area contributed by atoms with Gasteiger partial charge in [-0.3, -0.25) is 4.68 Å². The van der Waals surface area contributed by atoms with Crippen LogP contribution in [-0.2, 0) is 0 Å². The molecule has 0 aliphatic carbocycles. The summed E-state index contributed by atoms with van der Waals surface area (Å²) in [7, 11) is 3.76. The highest BCUT2D eigenvalue weighted by Gasteiger charge is 2.20. The van der Waals surface area contributed by atoms with Crippen LogP contribution in [0.1, 0.15) is 18.9 Å². The van der Waals surface area contributed by atoms with Crippen LogP contribution in [0.25, 0.3) is 22.0 Å². The lowest BCUT2D eigenvalue weighted by Crippen LogP contribution is -2.31. The van der Waals surface area contributed by atoms with Gasteiger partial charge in [0.25, 0.3) is 0 Å². The van der Waals surface area contributed by atoms with Crippen molar-refractivity contribution in [3.05, 3.63) is 48.4 Å². The van der Waals surface area contributed by atoms with Crippen LogP contribution in [0.4, 0.5) is 4.39 Å². The van der Waals surface area contributed by atoms with Crippen molar-refractivity contribution >= 4 is 10.9 Å². The molecule has 1 saturated heterocycles. The number of aromatic nitrogens is 2. The first-order valence-electron chi connectivity index (χ1n) is 8.66. The zero-order valence-electron chi connectivity index (χ0n) is 14.6. The summed E-state index contributed by atoms with van der Waals surface area (Å²) in [5.74, 6) is 0.397. The number of methoxy groups -OCH3 is 1. The molecule has 0 bridgehead atoms. The van der Waals surface area contributed by atoms with Gasteiger partial charge in [-0.05, 0) is 45.1 Å². The molecule has 1 aromatic heterocycles. The highest BCUT2D eigenvalue weighted by molar-refractivity contribution is 5.88. The molecule has 0 atom stereocenters. The van der Waals surface area contributed by atoms with Gasteiger partial charge in [-0.25, -0.2) is 4.39 Å². The van der Waals surface area contributed by atoms with E-state index in [1.165, 1.54) is 6.07 Å². The maximum atomic E-state index is 14.2. The molecule has 3 aromatic rings. The van der Waals surface area contributed by atoms with Gasteiger partial charge in [0.05, 0.1) is 18.7 Å². The molecule has 0 spiro atoms. The fourth-order valence-electron chi connectivity index (χ4n) is 3.58. The van der Waals surface area contributed by atoms with Crippen molar-refractivity contribution in [1.82, 2.24) is 14.7 Å². The minimum absolute atomic E-state index is 0.247. The van der Waals surface area contributed by atoms with Gasteiger partial charge in [0.15, 0.2) is 0 Å². The third kappa shape index (κ3) is 3.00. The second kappa shape index (κ2) is 6.48. The summed E-state index contributed by atoms with van der Waals surface area (Å²) in [6.07, 6.45) is 4.28. The Balaban J connectivity index is 1.77. The lowest BCUT2D eigenvalue weighted by molar-refractivity contribution is 0.213. The van der Waals surface area contributed by atoms with Crippen LogP contribution >= 0.6 is 0 Å². The first kappa shape index (κ1) is 16.1. The molecule has 25 heavy (non-hydrogen) atoms. The van der Waals surface area contributed by atoms with Crippen LogP contribution in [0.15, 0.2) is 42.6 Å². The van der Waals surface area contributed by atoms with Crippen molar-refractivity contribution < 1.29 is 9.13 Å². The summed E-state index contributed by atoms with van der Waals surface area (Å²) in [6, 6.07) is 11.1. The van der Waals surface area contributed by atoms with Crippen molar-refractivity contribution in [3.63, 3.8) is 0 Å².